The van der Waals surface area contributed by atoms with Gasteiger partial charge in [0.05, 0.1) is 16.9 Å². The number of benzene rings is 1. The molecule has 0 bridgehead atoms. The van der Waals surface area contributed by atoms with E-state index in [4.69, 9.17) is 11.5 Å². The average Bonchev–Trinajstić information content (AvgIpc) is 2.84. The Hall–Kier alpha value is -1.71. The predicted octanol–water partition coefficient (Wildman–Crippen LogP) is 1.83. The molecule has 1 atom stereocenters. The van der Waals surface area contributed by atoms with E-state index >= 15 is 0 Å². The van der Waals surface area contributed by atoms with Crippen molar-refractivity contribution < 1.29 is 4.79 Å². The molecule has 0 spiro atoms. The van der Waals surface area contributed by atoms with E-state index in [1.54, 1.807) is 12.1 Å². The second-order valence-electron chi connectivity index (χ2n) is 5.40. The molecule has 0 aromatic heterocycles. The molecule has 17 heavy (non-hydrogen) atoms. The molecular weight excluding hydrogens is 214 g/mol. The fourth-order valence-corrected chi connectivity index (χ4v) is 2.09. The molecule has 1 aromatic rings. The van der Waals surface area contributed by atoms with Gasteiger partial charge in [-0.3, -0.25) is 4.79 Å². The zero-order chi connectivity index (χ0) is 12.6. The number of hydrogen-bond acceptors (Lipinski definition) is 3. The highest BCUT2D eigenvalue weighted by Crippen LogP contribution is 2.51. The van der Waals surface area contributed by atoms with Crippen molar-refractivity contribution in [2.45, 2.75) is 20.3 Å². The molecule has 1 fully saturated rings. The van der Waals surface area contributed by atoms with Crippen molar-refractivity contribution in [1.82, 2.24) is 0 Å². The lowest BCUT2D eigenvalue weighted by molar-refractivity contribution is 0.100. The number of carbonyl (C=O) groups is 1. The van der Waals surface area contributed by atoms with E-state index in [9.17, 15) is 4.79 Å². The van der Waals surface area contributed by atoms with Gasteiger partial charge in [-0.05, 0) is 29.9 Å². The van der Waals surface area contributed by atoms with Gasteiger partial charge in [-0.15, -0.1) is 0 Å². The van der Waals surface area contributed by atoms with Crippen LogP contribution in [0.15, 0.2) is 18.2 Å². The molecule has 5 N–H and O–H groups in total. The molecule has 1 unspecified atom stereocenters. The maximum atomic E-state index is 11.1. The highest BCUT2D eigenvalue weighted by Gasteiger charge is 2.44. The van der Waals surface area contributed by atoms with Crippen molar-refractivity contribution >= 4 is 17.3 Å². The summed E-state index contributed by atoms with van der Waals surface area (Å²) in [5.74, 6) is 0.192. The number of para-hydroxylation sites is 1. The van der Waals surface area contributed by atoms with Crippen LogP contribution in [0.4, 0.5) is 11.4 Å². The Kier molecular flexibility index (Phi) is 2.73. The first-order valence-electron chi connectivity index (χ1n) is 5.84. The van der Waals surface area contributed by atoms with Gasteiger partial charge in [-0.2, -0.15) is 0 Å². The molecule has 0 saturated heterocycles. The molecule has 4 heteroatoms. The standard InChI is InChI=1S/C13H19N3O/c1-13(2)6-8(13)7-16-10-5-3-4-9(11(10)14)12(15)17/h3-5,8,16H,6-7,14H2,1-2H3,(H2,15,17). The van der Waals surface area contributed by atoms with Gasteiger partial charge in [0.2, 0.25) is 0 Å². The van der Waals surface area contributed by atoms with Gasteiger partial charge in [0.1, 0.15) is 0 Å². The maximum Gasteiger partial charge on any atom is 0.250 e. The number of hydrogen-bond donors (Lipinski definition) is 3. The third-order valence-corrected chi connectivity index (χ3v) is 3.63. The molecule has 1 aliphatic carbocycles. The number of nitrogens with two attached hydrogens (primary N) is 2. The smallest absolute Gasteiger partial charge is 0.250 e. The summed E-state index contributed by atoms with van der Waals surface area (Å²) in [5.41, 5.74) is 13.2. The number of nitrogen functional groups attached to an aromatic ring is 1. The van der Waals surface area contributed by atoms with Gasteiger partial charge in [0.15, 0.2) is 0 Å². The number of primary amides is 1. The van der Waals surface area contributed by atoms with E-state index in [2.05, 4.69) is 19.2 Å². The van der Waals surface area contributed by atoms with Crippen molar-refractivity contribution in [3.05, 3.63) is 23.8 Å². The fourth-order valence-electron chi connectivity index (χ4n) is 2.09. The van der Waals surface area contributed by atoms with Crippen molar-refractivity contribution in [2.75, 3.05) is 17.6 Å². The van der Waals surface area contributed by atoms with Gasteiger partial charge >= 0.3 is 0 Å². The summed E-state index contributed by atoms with van der Waals surface area (Å²) in [6, 6.07) is 5.30. The predicted molar refractivity (Wildman–Crippen MR) is 69.8 cm³/mol. The van der Waals surface area contributed by atoms with Crippen LogP contribution in [0.3, 0.4) is 0 Å². The zero-order valence-corrected chi connectivity index (χ0v) is 10.3. The number of nitrogens with one attached hydrogen (secondary N) is 1. The number of rotatable bonds is 4. The summed E-state index contributed by atoms with van der Waals surface area (Å²) >= 11 is 0. The van der Waals surface area contributed by atoms with E-state index in [0.29, 0.717) is 22.6 Å². The number of anilines is 2. The summed E-state index contributed by atoms with van der Waals surface area (Å²) in [6.45, 7) is 5.39. The Bertz CT molecular complexity index is 454. The van der Waals surface area contributed by atoms with Gasteiger partial charge in [-0.1, -0.05) is 19.9 Å². The zero-order valence-electron chi connectivity index (χ0n) is 10.3. The Morgan fingerprint density at radius 1 is 1.53 bits per heavy atom. The minimum atomic E-state index is -0.488. The van der Waals surface area contributed by atoms with Crippen molar-refractivity contribution in [1.29, 1.82) is 0 Å². The minimum absolute atomic E-state index is 0.380. The van der Waals surface area contributed by atoms with E-state index in [1.165, 1.54) is 6.42 Å². The summed E-state index contributed by atoms with van der Waals surface area (Å²) in [4.78, 5) is 11.1. The lowest BCUT2D eigenvalue weighted by Crippen LogP contribution is -2.15. The van der Waals surface area contributed by atoms with Crippen LogP contribution in [0, 0.1) is 11.3 Å². The molecule has 2 rings (SSSR count). The van der Waals surface area contributed by atoms with E-state index in [0.717, 1.165) is 12.2 Å². The highest BCUT2D eigenvalue weighted by atomic mass is 16.1. The second kappa shape index (κ2) is 3.95. The third-order valence-electron chi connectivity index (χ3n) is 3.63. The fraction of sp³-hybridized carbons (Fsp3) is 0.462. The first-order valence-corrected chi connectivity index (χ1v) is 5.84. The van der Waals surface area contributed by atoms with Crippen molar-refractivity contribution in [2.24, 2.45) is 17.1 Å². The summed E-state index contributed by atoms with van der Waals surface area (Å²) < 4.78 is 0. The van der Waals surface area contributed by atoms with Crippen LogP contribution in [-0.2, 0) is 0 Å². The minimum Gasteiger partial charge on any atom is -0.396 e. The van der Waals surface area contributed by atoms with Crippen LogP contribution < -0.4 is 16.8 Å². The molecule has 0 aliphatic heterocycles. The van der Waals surface area contributed by atoms with Gasteiger partial charge in [0, 0.05) is 6.54 Å². The molecule has 4 nitrogen and oxygen atoms in total. The summed E-state index contributed by atoms with van der Waals surface area (Å²) in [7, 11) is 0. The molecule has 92 valence electrons. The largest absolute Gasteiger partial charge is 0.396 e. The van der Waals surface area contributed by atoms with Crippen LogP contribution in [-0.4, -0.2) is 12.5 Å². The Morgan fingerprint density at radius 2 is 2.18 bits per heavy atom. The van der Waals surface area contributed by atoms with Crippen molar-refractivity contribution in [3.8, 4) is 0 Å². The number of amides is 1. The summed E-state index contributed by atoms with van der Waals surface area (Å²) in [6.07, 6.45) is 1.23. The molecule has 0 radical (unpaired) electrons. The van der Waals surface area contributed by atoms with Crippen LogP contribution in [0.25, 0.3) is 0 Å². The van der Waals surface area contributed by atoms with Crippen LogP contribution in [0.5, 0.6) is 0 Å². The SMILES string of the molecule is CC1(C)CC1CNc1cccc(C(N)=O)c1N. The van der Waals surface area contributed by atoms with Crippen molar-refractivity contribution in [3.63, 3.8) is 0 Å². The Balaban J connectivity index is 2.06. The Morgan fingerprint density at radius 3 is 2.71 bits per heavy atom. The number of carbonyl (C=O) groups excluding carboxylic acids is 1. The van der Waals surface area contributed by atoms with E-state index < -0.39 is 5.91 Å². The monoisotopic (exact) mass is 233 g/mol. The molecular formula is C13H19N3O. The maximum absolute atomic E-state index is 11.1. The molecule has 1 amide bonds. The molecule has 0 heterocycles. The van der Waals surface area contributed by atoms with Crippen LogP contribution in [0.2, 0.25) is 0 Å². The first-order chi connectivity index (χ1) is 7.92. The highest BCUT2D eigenvalue weighted by molar-refractivity contribution is 6.00. The normalized spacial score (nSPS) is 20.9. The van der Waals surface area contributed by atoms with Gasteiger partial charge in [0.25, 0.3) is 5.91 Å². The summed E-state index contributed by atoms with van der Waals surface area (Å²) in [5, 5.41) is 3.29. The second-order valence-corrected chi connectivity index (χ2v) is 5.40. The van der Waals surface area contributed by atoms with Crippen LogP contribution in [0.1, 0.15) is 30.6 Å². The molecule has 1 aromatic carbocycles. The van der Waals surface area contributed by atoms with Gasteiger partial charge < -0.3 is 16.8 Å². The quantitative estimate of drug-likeness (QED) is 0.694. The topological polar surface area (TPSA) is 81.1 Å². The average molecular weight is 233 g/mol. The molecule has 1 aliphatic rings. The third kappa shape index (κ3) is 2.35. The molecule has 1 saturated carbocycles. The van der Waals surface area contributed by atoms with Crippen LogP contribution >= 0.6 is 0 Å². The lowest BCUT2D eigenvalue weighted by atomic mass is 10.1. The van der Waals surface area contributed by atoms with E-state index in [1.807, 2.05) is 6.07 Å². The first kappa shape index (κ1) is 11.8. The Labute approximate surface area is 101 Å². The van der Waals surface area contributed by atoms with E-state index in [-0.39, 0.29) is 0 Å². The lowest BCUT2D eigenvalue weighted by Gasteiger charge is -2.12. The van der Waals surface area contributed by atoms with Gasteiger partial charge in [-0.25, -0.2) is 0 Å².